The Bertz CT molecular complexity index is 1010. The van der Waals surface area contributed by atoms with Gasteiger partial charge in [0, 0.05) is 17.2 Å². The molecule has 0 radical (unpaired) electrons. The molecule has 0 aliphatic carbocycles. The van der Waals surface area contributed by atoms with Crippen LogP contribution in [0.15, 0.2) is 45.6 Å². The zero-order valence-electron chi connectivity index (χ0n) is 13.6. The summed E-state index contributed by atoms with van der Waals surface area (Å²) in [6.07, 6.45) is 1.00. The lowest BCUT2D eigenvalue weighted by Crippen LogP contribution is -2.06. The van der Waals surface area contributed by atoms with Crippen molar-refractivity contribution in [2.75, 3.05) is 14.2 Å². The van der Waals surface area contributed by atoms with Crippen molar-refractivity contribution in [2.24, 2.45) is 0 Å². The Morgan fingerprint density at radius 2 is 1.68 bits per heavy atom. The Balaban J connectivity index is 2.30. The van der Waals surface area contributed by atoms with Gasteiger partial charge >= 0.3 is 0 Å². The summed E-state index contributed by atoms with van der Waals surface area (Å²) in [5.41, 5.74) is 0.585. The van der Waals surface area contributed by atoms with Crippen molar-refractivity contribution in [1.29, 1.82) is 0 Å². The van der Waals surface area contributed by atoms with E-state index in [1.807, 2.05) is 0 Å². The molecule has 0 amide bonds. The van der Waals surface area contributed by atoms with Gasteiger partial charge in [0.05, 0.1) is 19.8 Å². The van der Waals surface area contributed by atoms with Gasteiger partial charge in [-0.2, -0.15) is 0 Å². The predicted octanol–water partition coefficient (Wildman–Crippen LogP) is 3.10. The lowest BCUT2D eigenvalue weighted by atomic mass is 10.0. The molecule has 25 heavy (non-hydrogen) atoms. The molecule has 3 aromatic rings. The fraction of sp³-hybridized carbons (Fsp3) is 0.105. The SMILES string of the molecule is COc1ccc(-c2cc(=O)c3c(OC)c(C=O)c(C=O)cc3o2)cc1. The first kappa shape index (κ1) is 16.4. The van der Waals surface area contributed by atoms with Crippen LogP contribution >= 0.6 is 0 Å². The second-order valence-corrected chi connectivity index (χ2v) is 5.22. The standard InChI is InChI=1S/C19H14O6/c1-23-13-5-3-11(4-6-13)16-8-15(22)18-17(25-16)7-12(9-20)14(10-21)19(18)24-2/h3-10H,1-2H3. The minimum atomic E-state index is -0.371. The lowest BCUT2D eigenvalue weighted by molar-refractivity contribution is 0.109. The van der Waals surface area contributed by atoms with E-state index in [1.165, 1.54) is 19.2 Å². The molecule has 3 rings (SSSR count). The fourth-order valence-corrected chi connectivity index (χ4v) is 2.65. The number of rotatable bonds is 5. The average Bonchev–Trinajstić information content (AvgIpc) is 2.66. The van der Waals surface area contributed by atoms with Crippen molar-refractivity contribution in [3.8, 4) is 22.8 Å². The summed E-state index contributed by atoms with van der Waals surface area (Å²) < 4.78 is 16.1. The van der Waals surface area contributed by atoms with Crippen molar-refractivity contribution in [3.63, 3.8) is 0 Å². The summed E-state index contributed by atoms with van der Waals surface area (Å²) >= 11 is 0. The molecule has 0 saturated heterocycles. The van der Waals surface area contributed by atoms with E-state index in [2.05, 4.69) is 0 Å². The summed E-state index contributed by atoms with van der Waals surface area (Å²) in [6, 6.07) is 9.67. The predicted molar refractivity (Wildman–Crippen MR) is 91.8 cm³/mol. The summed E-state index contributed by atoms with van der Waals surface area (Å²) in [5.74, 6) is 1.04. The first-order chi connectivity index (χ1) is 12.1. The van der Waals surface area contributed by atoms with E-state index in [4.69, 9.17) is 13.9 Å². The van der Waals surface area contributed by atoms with E-state index in [-0.39, 0.29) is 33.3 Å². The Labute approximate surface area is 142 Å². The van der Waals surface area contributed by atoms with Crippen molar-refractivity contribution in [3.05, 3.63) is 57.7 Å². The monoisotopic (exact) mass is 338 g/mol. The van der Waals surface area contributed by atoms with Crippen LogP contribution < -0.4 is 14.9 Å². The summed E-state index contributed by atoms with van der Waals surface area (Å²) in [7, 11) is 2.89. The van der Waals surface area contributed by atoms with E-state index in [1.54, 1.807) is 31.4 Å². The van der Waals surface area contributed by atoms with Gasteiger partial charge in [0.1, 0.15) is 28.2 Å². The third kappa shape index (κ3) is 2.78. The minimum absolute atomic E-state index is 0.0227. The molecule has 0 aliphatic rings. The van der Waals surface area contributed by atoms with E-state index in [0.29, 0.717) is 29.6 Å². The molecule has 0 fully saturated rings. The van der Waals surface area contributed by atoms with E-state index >= 15 is 0 Å². The molecule has 0 spiro atoms. The Morgan fingerprint density at radius 3 is 2.24 bits per heavy atom. The lowest BCUT2D eigenvalue weighted by Gasteiger charge is -2.10. The summed E-state index contributed by atoms with van der Waals surface area (Å²) in [4.78, 5) is 35.1. The van der Waals surface area contributed by atoms with Crippen molar-refractivity contribution < 1.29 is 23.5 Å². The molecule has 1 heterocycles. The highest BCUT2D eigenvalue weighted by atomic mass is 16.5. The van der Waals surface area contributed by atoms with E-state index in [0.717, 1.165) is 0 Å². The normalized spacial score (nSPS) is 10.5. The van der Waals surface area contributed by atoms with Gasteiger partial charge in [-0.1, -0.05) is 0 Å². The quantitative estimate of drug-likeness (QED) is 0.665. The summed E-state index contributed by atoms with van der Waals surface area (Å²) in [6.45, 7) is 0. The number of ether oxygens (including phenoxy) is 2. The molecule has 0 bridgehead atoms. The Morgan fingerprint density at radius 1 is 0.960 bits per heavy atom. The van der Waals surface area contributed by atoms with Gasteiger partial charge in [0.25, 0.3) is 0 Å². The second-order valence-electron chi connectivity index (χ2n) is 5.22. The van der Waals surface area contributed by atoms with Crippen LogP contribution in [0.3, 0.4) is 0 Å². The maximum atomic E-state index is 12.6. The van der Waals surface area contributed by atoms with Crippen LogP contribution in [0.2, 0.25) is 0 Å². The third-order valence-electron chi connectivity index (χ3n) is 3.87. The van der Waals surface area contributed by atoms with Gasteiger partial charge in [-0.3, -0.25) is 14.4 Å². The van der Waals surface area contributed by atoms with Crippen molar-refractivity contribution in [2.45, 2.75) is 0 Å². The largest absolute Gasteiger partial charge is 0.497 e. The second kappa shape index (κ2) is 6.60. The average molecular weight is 338 g/mol. The zero-order chi connectivity index (χ0) is 18.0. The maximum absolute atomic E-state index is 12.6. The van der Waals surface area contributed by atoms with Crippen molar-refractivity contribution >= 4 is 23.5 Å². The molecular formula is C19H14O6. The molecule has 1 aromatic heterocycles. The van der Waals surface area contributed by atoms with Crippen LogP contribution in [0, 0.1) is 0 Å². The van der Waals surface area contributed by atoms with Crippen molar-refractivity contribution in [1.82, 2.24) is 0 Å². The molecule has 6 heteroatoms. The van der Waals surface area contributed by atoms with Crippen LogP contribution in [0.25, 0.3) is 22.3 Å². The van der Waals surface area contributed by atoms with Gasteiger partial charge < -0.3 is 13.9 Å². The third-order valence-corrected chi connectivity index (χ3v) is 3.87. The number of aldehydes is 2. The highest BCUT2D eigenvalue weighted by molar-refractivity contribution is 6.02. The number of methoxy groups -OCH3 is 2. The molecule has 0 N–H and O–H groups in total. The topological polar surface area (TPSA) is 82.8 Å². The van der Waals surface area contributed by atoms with Crippen LogP contribution in [0.5, 0.6) is 11.5 Å². The van der Waals surface area contributed by atoms with Gasteiger partial charge in [0.2, 0.25) is 0 Å². The molecule has 126 valence electrons. The molecule has 0 unspecified atom stereocenters. The number of fused-ring (bicyclic) bond motifs is 1. The summed E-state index contributed by atoms with van der Waals surface area (Å²) in [5, 5.41) is 0.118. The van der Waals surface area contributed by atoms with Gasteiger partial charge in [-0.25, -0.2) is 0 Å². The first-order valence-electron chi connectivity index (χ1n) is 7.36. The zero-order valence-corrected chi connectivity index (χ0v) is 13.6. The number of hydrogen-bond acceptors (Lipinski definition) is 6. The van der Waals surface area contributed by atoms with Gasteiger partial charge in [-0.05, 0) is 30.3 Å². The van der Waals surface area contributed by atoms with Gasteiger partial charge in [0.15, 0.2) is 18.0 Å². The van der Waals surface area contributed by atoms with Crippen LogP contribution in [0.4, 0.5) is 0 Å². The first-order valence-corrected chi connectivity index (χ1v) is 7.36. The highest BCUT2D eigenvalue weighted by Gasteiger charge is 2.18. The minimum Gasteiger partial charge on any atom is -0.497 e. The molecule has 2 aromatic carbocycles. The molecule has 6 nitrogen and oxygen atoms in total. The van der Waals surface area contributed by atoms with Crippen LogP contribution in [-0.2, 0) is 0 Å². The maximum Gasteiger partial charge on any atom is 0.197 e. The Kier molecular flexibility index (Phi) is 4.35. The fourth-order valence-electron chi connectivity index (χ4n) is 2.65. The molecule has 0 saturated carbocycles. The molecular weight excluding hydrogens is 324 g/mol. The van der Waals surface area contributed by atoms with Crippen LogP contribution in [-0.4, -0.2) is 26.8 Å². The molecule has 0 atom stereocenters. The van der Waals surface area contributed by atoms with Crippen LogP contribution in [0.1, 0.15) is 20.7 Å². The van der Waals surface area contributed by atoms with E-state index in [9.17, 15) is 14.4 Å². The number of carbonyl (C=O) groups excluding carboxylic acids is 2. The molecule has 0 aliphatic heterocycles. The number of benzene rings is 2. The Hall–Kier alpha value is -3.41. The highest BCUT2D eigenvalue weighted by Crippen LogP contribution is 2.32. The number of carbonyl (C=O) groups is 2. The van der Waals surface area contributed by atoms with E-state index < -0.39 is 0 Å². The number of hydrogen-bond donors (Lipinski definition) is 0. The smallest absolute Gasteiger partial charge is 0.197 e. The van der Waals surface area contributed by atoms with Gasteiger partial charge in [-0.15, -0.1) is 0 Å².